The summed E-state index contributed by atoms with van der Waals surface area (Å²) in [4.78, 5) is 0. The zero-order valence-corrected chi connectivity index (χ0v) is 10.1. The molecule has 6 heteroatoms. The maximum Gasteiger partial charge on any atom is 0.164 e. The molecule has 1 aromatic carbocycles. The molecule has 2 atom stereocenters. The van der Waals surface area contributed by atoms with Crippen LogP contribution in [0.3, 0.4) is 0 Å². The van der Waals surface area contributed by atoms with Crippen molar-refractivity contribution < 1.29 is 18.3 Å². The number of hydrogen-bond donors (Lipinski definition) is 2. The minimum atomic E-state index is -0.896. The van der Waals surface area contributed by atoms with Crippen molar-refractivity contribution in [3.05, 3.63) is 34.9 Å². The predicted molar refractivity (Wildman–Crippen MR) is 61.7 cm³/mol. The molecule has 1 fully saturated rings. The number of hydrazine groups is 1. The van der Waals surface area contributed by atoms with Gasteiger partial charge in [-0.25, -0.2) is 8.78 Å². The maximum absolute atomic E-state index is 13.9. The van der Waals surface area contributed by atoms with Gasteiger partial charge in [-0.2, -0.15) is 0 Å². The molecular weight excluding hydrogens is 242 g/mol. The molecule has 2 unspecified atom stereocenters. The standard InChI is InChI=1S/C12H16F2N2O2/c1-7-2-3-8(11(14)10(7)13)12(16-15)9-6-17-4-5-18-9/h2-3,9,12,16H,4-6,15H2,1H3. The molecule has 0 saturated carbocycles. The monoisotopic (exact) mass is 258 g/mol. The second kappa shape index (κ2) is 5.71. The minimum absolute atomic E-state index is 0.149. The molecule has 4 nitrogen and oxygen atoms in total. The smallest absolute Gasteiger partial charge is 0.164 e. The highest BCUT2D eigenvalue weighted by atomic mass is 19.2. The van der Waals surface area contributed by atoms with Crippen LogP contribution < -0.4 is 11.3 Å². The van der Waals surface area contributed by atoms with E-state index in [1.54, 1.807) is 0 Å². The summed E-state index contributed by atoms with van der Waals surface area (Å²) >= 11 is 0. The highest BCUT2D eigenvalue weighted by Gasteiger charge is 2.29. The maximum atomic E-state index is 13.9. The summed E-state index contributed by atoms with van der Waals surface area (Å²) in [6, 6.07) is 2.39. The first-order chi connectivity index (χ1) is 8.65. The predicted octanol–water partition coefficient (Wildman–Crippen LogP) is 1.19. The minimum Gasteiger partial charge on any atom is -0.376 e. The van der Waals surface area contributed by atoms with E-state index in [1.165, 1.54) is 19.1 Å². The molecule has 0 bridgehead atoms. The number of benzene rings is 1. The topological polar surface area (TPSA) is 56.5 Å². The van der Waals surface area contributed by atoms with E-state index in [2.05, 4.69) is 5.43 Å². The number of ether oxygens (including phenoxy) is 2. The molecule has 1 aliphatic rings. The summed E-state index contributed by atoms with van der Waals surface area (Å²) in [5, 5.41) is 0. The first-order valence-electron chi connectivity index (χ1n) is 5.75. The summed E-state index contributed by atoms with van der Waals surface area (Å²) in [7, 11) is 0. The van der Waals surface area contributed by atoms with Gasteiger partial charge >= 0.3 is 0 Å². The number of rotatable bonds is 3. The largest absolute Gasteiger partial charge is 0.376 e. The van der Waals surface area contributed by atoms with Gasteiger partial charge in [0.25, 0.3) is 0 Å². The number of halogens is 2. The van der Waals surface area contributed by atoms with E-state index < -0.39 is 23.8 Å². The lowest BCUT2D eigenvalue weighted by molar-refractivity contribution is -0.103. The zero-order valence-electron chi connectivity index (χ0n) is 10.1. The summed E-state index contributed by atoms with van der Waals surface area (Å²) in [5.74, 6) is 3.66. The van der Waals surface area contributed by atoms with Gasteiger partial charge < -0.3 is 9.47 Å². The lowest BCUT2D eigenvalue weighted by Crippen LogP contribution is -2.43. The van der Waals surface area contributed by atoms with Crippen LogP contribution >= 0.6 is 0 Å². The fourth-order valence-corrected chi connectivity index (χ4v) is 2.00. The average molecular weight is 258 g/mol. The van der Waals surface area contributed by atoms with E-state index in [0.717, 1.165) is 0 Å². The van der Waals surface area contributed by atoms with Gasteiger partial charge in [0.05, 0.1) is 25.9 Å². The van der Waals surface area contributed by atoms with Gasteiger partial charge in [0, 0.05) is 5.56 Å². The van der Waals surface area contributed by atoms with E-state index in [-0.39, 0.29) is 11.1 Å². The Balaban J connectivity index is 2.29. The van der Waals surface area contributed by atoms with Crippen LogP contribution in [-0.2, 0) is 9.47 Å². The van der Waals surface area contributed by atoms with Gasteiger partial charge in [-0.3, -0.25) is 11.3 Å². The van der Waals surface area contributed by atoms with E-state index >= 15 is 0 Å². The second-order valence-electron chi connectivity index (χ2n) is 4.23. The van der Waals surface area contributed by atoms with Gasteiger partial charge in [-0.1, -0.05) is 12.1 Å². The highest BCUT2D eigenvalue weighted by molar-refractivity contribution is 5.28. The summed E-state index contributed by atoms with van der Waals surface area (Å²) in [6.07, 6.45) is -0.430. The van der Waals surface area contributed by atoms with Crippen LogP contribution in [0.4, 0.5) is 8.78 Å². The lowest BCUT2D eigenvalue weighted by Gasteiger charge is -2.30. The van der Waals surface area contributed by atoms with Gasteiger partial charge in [-0.15, -0.1) is 0 Å². The first-order valence-corrected chi connectivity index (χ1v) is 5.75. The third kappa shape index (κ3) is 2.51. The molecule has 18 heavy (non-hydrogen) atoms. The quantitative estimate of drug-likeness (QED) is 0.631. The van der Waals surface area contributed by atoms with Crippen molar-refractivity contribution in [1.29, 1.82) is 0 Å². The normalized spacial score (nSPS) is 21.9. The number of nitrogens with two attached hydrogens (primary N) is 1. The Bertz CT molecular complexity index is 423. The molecule has 2 rings (SSSR count). The van der Waals surface area contributed by atoms with Crippen molar-refractivity contribution in [2.24, 2.45) is 5.84 Å². The molecule has 1 heterocycles. The third-order valence-corrected chi connectivity index (χ3v) is 3.03. The average Bonchev–Trinajstić information content (AvgIpc) is 2.41. The first kappa shape index (κ1) is 13.4. The third-order valence-electron chi connectivity index (χ3n) is 3.03. The van der Waals surface area contributed by atoms with Gasteiger partial charge in [0.15, 0.2) is 11.6 Å². The molecule has 0 radical (unpaired) electrons. The lowest BCUT2D eigenvalue weighted by atomic mass is 9.99. The van der Waals surface area contributed by atoms with Crippen LogP contribution in [0, 0.1) is 18.6 Å². The van der Waals surface area contributed by atoms with Crippen molar-refractivity contribution in [2.75, 3.05) is 19.8 Å². The number of hydrogen-bond acceptors (Lipinski definition) is 4. The molecule has 0 amide bonds. The van der Waals surface area contributed by atoms with Crippen LogP contribution in [0.25, 0.3) is 0 Å². The molecule has 3 N–H and O–H groups in total. The van der Waals surface area contributed by atoms with Crippen molar-refractivity contribution >= 4 is 0 Å². The molecule has 0 spiro atoms. The molecule has 1 saturated heterocycles. The van der Waals surface area contributed by atoms with Gasteiger partial charge in [0.2, 0.25) is 0 Å². The zero-order chi connectivity index (χ0) is 13.1. The van der Waals surface area contributed by atoms with E-state index in [1.807, 2.05) is 0 Å². The number of aryl methyl sites for hydroxylation is 1. The Morgan fingerprint density at radius 3 is 2.72 bits per heavy atom. The Labute approximate surface area is 104 Å². The Morgan fingerprint density at radius 2 is 2.11 bits per heavy atom. The molecule has 0 aliphatic carbocycles. The van der Waals surface area contributed by atoms with Crippen molar-refractivity contribution in [2.45, 2.75) is 19.1 Å². The van der Waals surface area contributed by atoms with Crippen LogP contribution in [0.1, 0.15) is 17.2 Å². The molecule has 0 aromatic heterocycles. The Hall–Kier alpha value is -1.08. The van der Waals surface area contributed by atoms with E-state index in [0.29, 0.717) is 19.8 Å². The van der Waals surface area contributed by atoms with Gasteiger partial charge in [0.1, 0.15) is 6.10 Å². The van der Waals surface area contributed by atoms with Crippen LogP contribution in [0.2, 0.25) is 0 Å². The summed E-state index contributed by atoms with van der Waals surface area (Å²) < 4.78 is 38.1. The Morgan fingerprint density at radius 1 is 1.33 bits per heavy atom. The molecular formula is C12H16F2N2O2. The summed E-state index contributed by atoms with van der Waals surface area (Å²) in [6.45, 7) is 2.72. The van der Waals surface area contributed by atoms with Crippen LogP contribution in [0.15, 0.2) is 12.1 Å². The Kier molecular flexibility index (Phi) is 4.23. The number of nitrogens with one attached hydrogen (secondary N) is 1. The fraction of sp³-hybridized carbons (Fsp3) is 0.500. The SMILES string of the molecule is Cc1ccc(C(NN)C2COCCO2)c(F)c1F. The van der Waals surface area contributed by atoms with Crippen LogP contribution in [0.5, 0.6) is 0 Å². The van der Waals surface area contributed by atoms with E-state index in [4.69, 9.17) is 15.3 Å². The van der Waals surface area contributed by atoms with Gasteiger partial charge in [-0.05, 0) is 12.5 Å². The second-order valence-corrected chi connectivity index (χ2v) is 4.23. The van der Waals surface area contributed by atoms with Crippen molar-refractivity contribution in [3.8, 4) is 0 Å². The highest BCUT2D eigenvalue weighted by Crippen LogP contribution is 2.26. The fourth-order valence-electron chi connectivity index (χ4n) is 2.00. The van der Waals surface area contributed by atoms with Crippen molar-refractivity contribution in [1.82, 2.24) is 5.43 Å². The molecule has 1 aromatic rings. The van der Waals surface area contributed by atoms with Crippen LogP contribution in [-0.4, -0.2) is 25.9 Å². The molecule has 1 aliphatic heterocycles. The summed E-state index contributed by atoms with van der Waals surface area (Å²) in [5.41, 5.74) is 2.87. The molecule has 100 valence electrons. The van der Waals surface area contributed by atoms with E-state index in [9.17, 15) is 8.78 Å². The van der Waals surface area contributed by atoms with Crippen molar-refractivity contribution in [3.63, 3.8) is 0 Å².